The molecule has 2 N–H and O–H groups in total. The molecule has 0 saturated carbocycles. The minimum absolute atomic E-state index is 0.00888. The molecule has 0 radical (unpaired) electrons. The maximum Gasteiger partial charge on any atom is 0.251 e. The average molecular weight is 468 g/mol. The van der Waals surface area contributed by atoms with E-state index in [4.69, 9.17) is 0 Å². The molecule has 1 unspecified atom stereocenters. The Morgan fingerprint density at radius 1 is 1.13 bits per heavy atom. The smallest absolute Gasteiger partial charge is 0.251 e. The standard InChI is InChI=1S/C24H26BrN3O2/c1-14(2)21(27-23(29)16-9-7-15(3)8-10-16)24(30)28-12-11-20-18(13-28)17-5-4-6-19(25)22(17)26-20/h4-10,14,21,26H,11-13H2,1-3H3,(H,27,29). The highest BCUT2D eigenvalue weighted by Gasteiger charge is 2.32. The molecule has 0 aliphatic carbocycles. The molecule has 5 nitrogen and oxygen atoms in total. The number of hydrogen-bond donors (Lipinski definition) is 2. The van der Waals surface area contributed by atoms with Gasteiger partial charge in [-0.15, -0.1) is 0 Å². The zero-order chi connectivity index (χ0) is 21.4. The van der Waals surface area contributed by atoms with Crippen molar-refractivity contribution in [3.8, 4) is 0 Å². The number of aryl methyl sites for hydroxylation is 1. The number of para-hydroxylation sites is 1. The number of benzene rings is 2. The zero-order valence-electron chi connectivity index (χ0n) is 17.5. The summed E-state index contributed by atoms with van der Waals surface area (Å²) in [6.07, 6.45) is 0.777. The summed E-state index contributed by atoms with van der Waals surface area (Å²) in [6.45, 7) is 7.11. The third-order valence-electron chi connectivity index (χ3n) is 5.80. The van der Waals surface area contributed by atoms with Gasteiger partial charge in [-0.1, -0.05) is 43.7 Å². The van der Waals surface area contributed by atoms with Crippen molar-refractivity contribution in [3.05, 3.63) is 69.3 Å². The van der Waals surface area contributed by atoms with Crippen molar-refractivity contribution in [1.82, 2.24) is 15.2 Å². The summed E-state index contributed by atoms with van der Waals surface area (Å²) >= 11 is 3.60. The van der Waals surface area contributed by atoms with Crippen LogP contribution in [-0.4, -0.2) is 34.3 Å². The minimum Gasteiger partial charge on any atom is -0.357 e. The van der Waals surface area contributed by atoms with Crippen LogP contribution < -0.4 is 5.32 Å². The number of carbonyl (C=O) groups is 2. The van der Waals surface area contributed by atoms with Crippen LogP contribution in [0.1, 0.15) is 41.0 Å². The Labute approximate surface area is 185 Å². The van der Waals surface area contributed by atoms with E-state index >= 15 is 0 Å². The van der Waals surface area contributed by atoms with Crippen LogP contribution in [0.2, 0.25) is 0 Å². The van der Waals surface area contributed by atoms with Gasteiger partial charge in [-0.25, -0.2) is 0 Å². The summed E-state index contributed by atoms with van der Waals surface area (Å²) in [4.78, 5) is 31.5. The van der Waals surface area contributed by atoms with Gasteiger partial charge in [-0.05, 0) is 47.0 Å². The van der Waals surface area contributed by atoms with Gasteiger partial charge in [0, 0.05) is 46.2 Å². The molecule has 0 spiro atoms. The van der Waals surface area contributed by atoms with Crippen molar-refractivity contribution in [2.75, 3.05) is 6.54 Å². The second kappa shape index (κ2) is 8.26. The predicted molar refractivity (Wildman–Crippen MR) is 122 cm³/mol. The van der Waals surface area contributed by atoms with Crippen LogP contribution >= 0.6 is 15.9 Å². The van der Waals surface area contributed by atoms with Gasteiger partial charge in [-0.2, -0.15) is 0 Å². The number of amides is 2. The molecule has 2 heterocycles. The van der Waals surface area contributed by atoms with Crippen molar-refractivity contribution >= 4 is 38.6 Å². The van der Waals surface area contributed by atoms with Crippen molar-refractivity contribution < 1.29 is 9.59 Å². The fourth-order valence-corrected chi connectivity index (χ4v) is 4.50. The van der Waals surface area contributed by atoms with E-state index in [0.29, 0.717) is 18.7 Å². The topological polar surface area (TPSA) is 65.2 Å². The van der Waals surface area contributed by atoms with E-state index in [0.717, 1.165) is 27.4 Å². The largest absolute Gasteiger partial charge is 0.357 e. The number of halogens is 1. The molecule has 0 saturated heterocycles. The summed E-state index contributed by atoms with van der Waals surface area (Å²) < 4.78 is 1.03. The summed E-state index contributed by atoms with van der Waals surface area (Å²) in [5.74, 6) is -0.248. The van der Waals surface area contributed by atoms with E-state index < -0.39 is 6.04 Å². The quantitative estimate of drug-likeness (QED) is 0.589. The molecule has 2 aromatic carbocycles. The average Bonchev–Trinajstić information content (AvgIpc) is 3.11. The lowest BCUT2D eigenvalue weighted by atomic mass is 9.99. The van der Waals surface area contributed by atoms with Gasteiger partial charge >= 0.3 is 0 Å². The maximum atomic E-state index is 13.4. The summed E-state index contributed by atoms with van der Waals surface area (Å²) in [5, 5.41) is 4.11. The van der Waals surface area contributed by atoms with Gasteiger partial charge in [0.05, 0.1) is 5.52 Å². The SMILES string of the molecule is Cc1ccc(C(=O)NC(C(=O)N2CCc3[nH]c4c(Br)cccc4c3C2)C(C)C)cc1. The molecule has 1 atom stereocenters. The number of nitrogens with zero attached hydrogens (tertiary/aromatic N) is 1. The minimum atomic E-state index is -0.558. The number of H-pyrrole nitrogens is 1. The molecule has 0 fully saturated rings. The van der Waals surface area contributed by atoms with Gasteiger partial charge in [0.25, 0.3) is 5.91 Å². The molecule has 6 heteroatoms. The fourth-order valence-electron chi connectivity index (χ4n) is 4.03. The van der Waals surface area contributed by atoms with Crippen LogP contribution in [-0.2, 0) is 17.8 Å². The molecule has 2 amide bonds. The molecule has 1 aromatic heterocycles. The van der Waals surface area contributed by atoms with Crippen LogP contribution in [0.15, 0.2) is 46.9 Å². The monoisotopic (exact) mass is 467 g/mol. The first-order valence-corrected chi connectivity index (χ1v) is 11.1. The van der Waals surface area contributed by atoms with E-state index in [1.807, 2.05) is 49.9 Å². The Hall–Kier alpha value is -2.60. The molecule has 0 bridgehead atoms. The van der Waals surface area contributed by atoms with E-state index in [9.17, 15) is 9.59 Å². The van der Waals surface area contributed by atoms with Crippen LogP contribution in [0.25, 0.3) is 10.9 Å². The Bertz CT molecular complexity index is 1100. The molecule has 30 heavy (non-hydrogen) atoms. The third-order valence-corrected chi connectivity index (χ3v) is 6.47. The molecule has 1 aliphatic heterocycles. The van der Waals surface area contributed by atoms with E-state index in [1.54, 1.807) is 12.1 Å². The molecule has 1 aliphatic rings. The Morgan fingerprint density at radius 3 is 2.57 bits per heavy atom. The Morgan fingerprint density at radius 2 is 1.87 bits per heavy atom. The molecule has 156 valence electrons. The second-order valence-corrected chi connectivity index (χ2v) is 9.17. The number of aromatic nitrogens is 1. The number of hydrogen-bond acceptors (Lipinski definition) is 2. The third kappa shape index (κ3) is 3.88. The van der Waals surface area contributed by atoms with Gasteiger partial charge in [0.15, 0.2) is 0 Å². The van der Waals surface area contributed by atoms with Gasteiger partial charge in [0.1, 0.15) is 6.04 Å². The number of fused-ring (bicyclic) bond motifs is 3. The summed E-state index contributed by atoms with van der Waals surface area (Å²) in [6, 6.07) is 13.0. The Balaban J connectivity index is 1.55. The van der Waals surface area contributed by atoms with Gasteiger partial charge in [-0.3, -0.25) is 9.59 Å². The first-order chi connectivity index (χ1) is 14.3. The van der Waals surface area contributed by atoms with Crippen LogP contribution in [0.3, 0.4) is 0 Å². The lowest BCUT2D eigenvalue weighted by Gasteiger charge is -2.32. The van der Waals surface area contributed by atoms with E-state index in [-0.39, 0.29) is 17.7 Å². The Kier molecular flexibility index (Phi) is 5.69. The van der Waals surface area contributed by atoms with Gasteiger partial charge < -0.3 is 15.2 Å². The number of carbonyl (C=O) groups excluding carboxylic acids is 2. The molecular weight excluding hydrogens is 442 g/mol. The summed E-state index contributed by atoms with van der Waals surface area (Å²) in [5.41, 5.74) is 5.09. The second-order valence-electron chi connectivity index (χ2n) is 8.32. The lowest BCUT2D eigenvalue weighted by Crippen LogP contribution is -2.52. The van der Waals surface area contributed by atoms with Crippen LogP contribution in [0.4, 0.5) is 0 Å². The highest BCUT2D eigenvalue weighted by atomic mass is 79.9. The molecular formula is C24H26BrN3O2. The van der Waals surface area contributed by atoms with E-state index in [1.165, 1.54) is 11.3 Å². The first kappa shape index (κ1) is 20.7. The van der Waals surface area contributed by atoms with Crippen molar-refractivity contribution in [1.29, 1.82) is 0 Å². The van der Waals surface area contributed by atoms with Crippen LogP contribution in [0, 0.1) is 12.8 Å². The molecule has 4 rings (SSSR count). The molecule has 3 aromatic rings. The lowest BCUT2D eigenvalue weighted by molar-refractivity contribution is -0.135. The highest BCUT2D eigenvalue weighted by Crippen LogP contribution is 2.32. The number of aromatic amines is 1. The predicted octanol–water partition coefficient (Wildman–Crippen LogP) is 4.58. The normalized spacial score (nSPS) is 14.6. The van der Waals surface area contributed by atoms with E-state index in [2.05, 4.69) is 32.3 Å². The first-order valence-electron chi connectivity index (χ1n) is 10.3. The fraction of sp³-hybridized carbons (Fsp3) is 0.333. The van der Waals surface area contributed by atoms with Crippen molar-refractivity contribution in [2.45, 2.75) is 39.8 Å². The number of nitrogens with one attached hydrogen (secondary N) is 2. The van der Waals surface area contributed by atoms with Crippen molar-refractivity contribution in [2.24, 2.45) is 5.92 Å². The summed E-state index contributed by atoms with van der Waals surface area (Å²) in [7, 11) is 0. The zero-order valence-corrected chi connectivity index (χ0v) is 19.0. The maximum absolute atomic E-state index is 13.4. The van der Waals surface area contributed by atoms with Gasteiger partial charge in [0.2, 0.25) is 5.91 Å². The van der Waals surface area contributed by atoms with Crippen LogP contribution in [0.5, 0.6) is 0 Å². The van der Waals surface area contributed by atoms with Crippen molar-refractivity contribution in [3.63, 3.8) is 0 Å². The number of rotatable bonds is 4. The highest BCUT2D eigenvalue weighted by molar-refractivity contribution is 9.10.